The molecule has 0 bridgehead atoms. The van der Waals surface area contributed by atoms with Crippen molar-refractivity contribution in [3.8, 4) is 11.1 Å². The number of fused-ring (bicyclic) bond motifs is 1. The Morgan fingerprint density at radius 3 is 2.53 bits per heavy atom. The summed E-state index contributed by atoms with van der Waals surface area (Å²) in [4.78, 5) is 19.1. The number of methoxy groups -OCH3 is 1. The fourth-order valence-corrected chi connectivity index (χ4v) is 5.08. The summed E-state index contributed by atoms with van der Waals surface area (Å²) in [6.07, 6.45) is 3.95. The van der Waals surface area contributed by atoms with Crippen LogP contribution in [-0.4, -0.2) is 98.1 Å². The third-order valence-electron chi connectivity index (χ3n) is 7.11. The number of piperazine rings is 1. The van der Waals surface area contributed by atoms with Gasteiger partial charge in [0.05, 0.1) is 17.8 Å². The number of carbonyl (C=O) groups excluding carboxylic acids is 1. The zero-order valence-corrected chi connectivity index (χ0v) is 21.3. The second kappa shape index (κ2) is 11.2. The molecule has 9 heteroatoms. The summed E-state index contributed by atoms with van der Waals surface area (Å²) in [5, 5.41) is 11.3. The topological polar surface area (TPSA) is 77.4 Å². The van der Waals surface area contributed by atoms with Crippen LogP contribution in [0.15, 0.2) is 48.8 Å². The number of likely N-dealkylation sites (tertiary alicyclic amines) is 1. The highest BCUT2D eigenvalue weighted by Crippen LogP contribution is 2.29. The lowest BCUT2D eigenvalue weighted by molar-refractivity contribution is 0.0418. The molecule has 0 saturated carbocycles. The van der Waals surface area contributed by atoms with E-state index in [1.54, 1.807) is 7.11 Å². The van der Waals surface area contributed by atoms with E-state index in [0.717, 1.165) is 88.0 Å². The van der Waals surface area contributed by atoms with E-state index in [1.807, 2.05) is 20.5 Å². The van der Waals surface area contributed by atoms with E-state index in [2.05, 4.69) is 70.2 Å². The van der Waals surface area contributed by atoms with Crippen molar-refractivity contribution in [1.29, 1.82) is 0 Å². The molecule has 192 valence electrons. The molecule has 9 nitrogen and oxygen atoms in total. The van der Waals surface area contributed by atoms with Gasteiger partial charge in [-0.2, -0.15) is 5.10 Å². The van der Waals surface area contributed by atoms with Gasteiger partial charge in [0.15, 0.2) is 0 Å². The van der Waals surface area contributed by atoms with Gasteiger partial charge in [0.2, 0.25) is 0 Å². The van der Waals surface area contributed by atoms with Gasteiger partial charge in [-0.1, -0.05) is 19.1 Å². The van der Waals surface area contributed by atoms with Crippen molar-refractivity contribution in [1.82, 2.24) is 24.7 Å². The van der Waals surface area contributed by atoms with E-state index in [0.29, 0.717) is 5.92 Å². The minimum atomic E-state index is 0.159. The third-order valence-corrected chi connectivity index (χ3v) is 7.11. The second-order valence-electron chi connectivity index (χ2n) is 9.62. The smallest absolute Gasteiger partial charge is 0.320 e. The Hall–Kier alpha value is -3.30. The summed E-state index contributed by atoms with van der Waals surface area (Å²) >= 11 is 0. The number of hydrogen-bond donors (Lipinski definition) is 2. The standard InChI is InChI=1S/C27H37N7O2/c1-3-28-10-11-29-24-6-4-22(5-7-24)23-16-26-25(8-9-30-34(26)19-23)31-12-14-32(15-13-31)27(35)33-17-21(18-33)20-36-2/h4-9,16,19,21,28-29H,3,10-15,17-18,20H2,1-2H3. The largest absolute Gasteiger partial charge is 0.384 e. The Labute approximate surface area is 213 Å². The van der Waals surface area contributed by atoms with Crippen LogP contribution in [0.1, 0.15) is 6.92 Å². The first-order valence-corrected chi connectivity index (χ1v) is 13.0. The molecule has 36 heavy (non-hydrogen) atoms. The van der Waals surface area contributed by atoms with Gasteiger partial charge in [-0.3, -0.25) is 0 Å². The highest BCUT2D eigenvalue weighted by Gasteiger charge is 2.34. The van der Waals surface area contributed by atoms with Gasteiger partial charge in [0.25, 0.3) is 0 Å². The molecule has 1 aromatic carbocycles. The molecule has 4 heterocycles. The monoisotopic (exact) mass is 491 g/mol. The molecule has 0 radical (unpaired) electrons. The molecule has 3 aromatic rings. The first-order valence-electron chi connectivity index (χ1n) is 13.0. The Bertz CT molecular complexity index is 1150. The van der Waals surface area contributed by atoms with E-state index in [4.69, 9.17) is 4.74 Å². The van der Waals surface area contributed by atoms with Gasteiger partial charge in [-0.15, -0.1) is 0 Å². The molecule has 2 saturated heterocycles. The number of rotatable bonds is 9. The van der Waals surface area contributed by atoms with Gasteiger partial charge < -0.3 is 30.1 Å². The fourth-order valence-electron chi connectivity index (χ4n) is 5.08. The number of aromatic nitrogens is 2. The van der Waals surface area contributed by atoms with Crippen molar-refractivity contribution in [2.75, 3.05) is 82.8 Å². The molecule has 2 N–H and O–H groups in total. The molecule has 0 aliphatic carbocycles. The van der Waals surface area contributed by atoms with Crippen molar-refractivity contribution < 1.29 is 9.53 Å². The van der Waals surface area contributed by atoms with E-state index in [1.165, 1.54) is 5.56 Å². The van der Waals surface area contributed by atoms with Crippen molar-refractivity contribution >= 4 is 22.9 Å². The zero-order valence-electron chi connectivity index (χ0n) is 21.3. The van der Waals surface area contributed by atoms with Crippen LogP contribution in [0.3, 0.4) is 0 Å². The molecule has 2 amide bonds. The molecule has 2 fully saturated rings. The quantitative estimate of drug-likeness (QED) is 0.449. The Balaban J connectivity index is 1.22. The number of amides is 2. The maximum absolute atomic E-state index is 12.8. The summed E-state index contributed by atoms with van der Waals surface area (Å²) < 4.78 is 7.16. The van der Waals surface area contributed by atoms with Crippen LogP contribution in [-0.2, 0) is 4.74 Å². The Morgan fingerprint density at radius 2 is 1.81 bits per heavy atom. The Morgan fingerprint density at radius 1 is 1.03 bits per heavy atom. The molecule has 2 aliphatic heterocycles. The van der Waals surface area contributed by atoms with Crippen molar-refractivity contribution in [2.24, 2.45) is 5.92 Å². The van der Waals surface area contributed by atoms with Crippen LogP contribution in [0.2, 0.25) is 0 Å². The maximum atomic E-state index is 12.8. The summed E-state index contributed by atoms with van der Waals surface area (Å²) in [5.74, 6) is 0.476. The zero-order chi connectivity index (χ0) is 24.9. The van der Waals surface area contributed by atoms with Crippen LogP contribution in [0, 0.1) is 5.92 Å². The van der Waals surface area contributed by atoms with Crippen LogP contribution in [0.5, 0.6) is 0 Å². The highest BCUT2D eigenvalue weighted by molar-refractivity contribution is 5.81. The lowest BCUT2D eigenvalue weighted by Gasteiger charge is -2.44. The molecular formula is C27H37N7O2. The van der Waals surface area contributed by atoms with Gasteiger partial charge in [-0.05, 0) is 36.4 Å². The van der Waals surface area contributed by atoms with Crippen LogP contribution >= 0.6 is 0 Å². The molecule has 0 unspecified atom stereocenters. The number of benzene rings is 1. The number of urea groups is 1. The molecule has 5 rings (SSSR count). The highest BCUT2D eigenvalue weighted by atomic mass is 16.5. The lowest BCUT2D eigenvalue weighted by Crippen LogP contribution is -2.59. The number of hydrogen-bond acceptors (Lipinski definition) is 6. The predicted molar refractivity (Wildman–Crippen MR) is 144 cm³/mol. The van der Waals surface area contributed by atoms with Crippen molar-refractivity contribution in [3.63, 3.8) is 0 Å². The fraction of sp³-hybridized carbons (Fsp3) is 0.481. The number of anilines is 2. The summed E-state index contributed by atoms with van der Waals surface area (Å²) in [7, 11) is 1.72. The first kappa shape index (κ1) is 24.4. The first-order chi connectivity index (χ1) is 17.7. The summed E-state index contributed by atoms with van der Waals surface area (Å²) in [6.45, 7) is 10.4. The molecule has 2 aromatic heterocycles. The van der Waals surface area contributed by atoms with Gasteiger partial charge >= 0.3 is 6.03 Å². The van der Waals surface area contributed by atoms with Crippen LogP contribution in [0.25, 0.3) is 16.6 Å². The molecule has 2 aliphatic rings. The average Bonchev–Trinajstić information content (AvgIpc) is 3.33. The summed E-state index contributed by atoms with van der Waals surface area (Å²) in [5.41, 5.74) is 5.69. The van der Waals surface area contributed by atoms with E-state index >= 15 is 0 Å². The van der Waals surface area contributed by atoms with Crippen molar-refractivity contribution in [3.05, 3.63) is 48.8 Å². The van der Waals surface area contributed by atoms with E-state index < -0.39 is 0 Å². The summed E-state index contributed by atoms with van der Waals surface area (Å²) in [6, 6.07) is 13.0. The van der Waals surface area contributed by atoms with E-state index in [-0.39, 0.29) is 6.03 Å². The van der Waals surface area contributed by atoms with Crippen LogP contribution < -0.4 is 15.5 Å². The van der Waals surface area contributed by atoms with Gasteiger partial charge in [-0.25, -0.2) is 9.31 Å². The van der Waals surface area contributed by atoms with Crippen LogP contribution in [0.4, 0.5) is 16.2 Å². The number of carbonyl (C=O) groups is 1. The minimum absolute atomic E-state index is 0.159. The normalized spacial score (nSPS) is 16.4. The SMILES string of the molecule is CCNCCNc1ccc(-c2cc3c(N4CCN(C(=O)N5CC(COC)C5)CC4)ccnn3c2)cc1. The number of likely N-dealkylation sites (N-methyl/N-ethyl adjacent to an activating group) is 1. The third kappa shape index (κ3) is 5.27. The molecule has 0 spiro atoms. The number of nitrogens with one attached hydrogen (secondary N) is 2. The minimum Gasteiger partial charge on any atom is -0.384 e. The van der Waals surface area contributed by atoms with Gasteiger partial charge in [0, 0.05) is 89.0 Å². The van der Waals surface area contributed by atoms with Crippen molar-refractivity contribution in [2.45, 2.75) is 6.92 Å². The molecule has 0 atom stereocenters. The number of ether oxygens (including phenoxy) is 1. The number of nitrogens with zero attached hydrogens (tertiary/aromatic N) is 5. The lowest BCUT2D eigenvalue weighted by atomic mass is 10.0. The Kier molecular flexibility index (Phi) is 7.58. The average molecular weight is 492 g/mol. The predicted octanol–water partition coefficient (Wildman–Crippen LogP) is 2.84. The van der Waals surface area contributed by atoms with Gasteiger partial charge in [0.1, 0.15) is 0 Å². The maximum Gasteiger partial charge on any atom is 0.320 e. The van der Waals surface area contributed by atoms with E-state index in [9.17, 15) is 4.79 Å². The molecular weight excluding hydrogens is 454 g/mol. The second-order valence-corrected chi connectivity index (χ2v) is 9.62.